The molecule has 0 fully saturated rings. The Hall–Kier alpha value is -3.76. The topological polar surface area (TPSA) is 99.0 Å². The van der Waals surface area contributed by atoms with Crippen LogP contribution in [-0.4, -0.2) is 38.2 Å². The smallest absolute Gasteiger partial charge is 0.417 e. The molecule has 0 spiro atoms. The Bertz CT molecular complexity index is 1120. The minimum Gasteiger partial charge on any atom is -0.452 e. The molecule has 0 bridgehead atoms. The molecule has 2 heterocycles. The van der Waals surface area contributed by atoms with Gasteiger partial charge in [-0.3, -0.25) is 4.79 Å². The Morgan fingerprint density at radius 2 is 1.68 bits per heavy atom. The average molecular weight is 433 g/mol. The second-order valence-corrected chi connectivity index (χ2v) is 6.70. The van der Waals surface area contributed by atoms with Crippen LogP contribution in [0.25, 0.3) is 5.95 Å². The molecule has 0 saturated heterocycles. The maximum Gasteiger partial charge on any atom is 0.417 e. The molecular formula is C20H18F3N5O3. The van der Waals surface area contributed by atoms with E-state index in [1.54, 1.807) is 32.9 Å². The van der Waals surface area contributed by atoms with E-state index in [4.69, 9.17) is 4.74 Å². The largest absolute Gasteiger partial charge is 0.452 e. The Kier molecular flexibility index (Phi) is 6.04. The molecule has 1 amide bonds. The lowest BCUT2D eigenvalue weighted by molar-refractivity contribution is -0.138. The number of rotatable bonds is 5. The van der Waals surface area contributed by atoms with Crippen LogP contribution in [-0.2, 0) is 15.7 Å². The number of nitrogens with zero attached hydrogens (tertiary/aromatic N) is 4. The van der Waals surface area contributed by atoms with Gasteiger partial charge in [0, 0.05) is 17.5 Å². The van der Waals surface area contributed by atoms with Crippen LogP contribution in [0.4, 0.5) is 19.0 Å². The fraction of sp³-hybridized carbons (Fsp3) is 0.250. The third-order valence-corrected chi connectivity index (χ3v) is 4.05. The molecular weight excluding hydrogens is 415 g/mol. The van der Waals surface area contributed by atoms with Crippen LogP contribution < -0.4 is 5.32 Å². The van der Waals surface area contributed by atoms with Crippen LogP contribution in [0, 0.1) is 20.8 Å². The van der Waals surface area contributed by atoms with E-state index in [1.165, 1.54) is 10.7 Å². The van der Waals surface area contributed by atoms with Gasteiger partial charge < -0.3 is 10.1 Å². The van der Waals surface area contributed by atoms with Crippen molar-refractivity contribution < 1.29 is 27.5 Å². The molecule has 0 saturated carbocycles. The quantitative estimate of drug-likeness (QED) is 0.620. The van der Waals surface area contributed by atoms with Crippen LogP contribution in [0.15, 0.2) is 36.4 Å². The number of benzene rings is 1. The summed E-state index contributed by atoms with van der Waals surface area (Å²) in [6, 6.07) is 7.51. The zero-order valence-corrected chi connectivity index (χ0v) is 16.8. The Morgan fingerprint density at radius 3 is 2.32 bits per heavy atom. The zero-order valence-electron chi connectivity index (χ0n) is 16.8. The molecule has 1 N–H and O–H groups in total. The standard InChI is InChI=1S/C20H18F3N5O3/c1-11-8-12(2)25-19(24-11)28-16(9-13(3)27-28)26-17(29)10-31-18(30)14-6-4-5-7-15(14)20(21,22)23/h4-9H,10H2,1-3H3,(H,26,29). The first-order valence-corrected chi connectivity index (χ1v) is 9.07. The summed E-state index contributed by atoms with van der Waals surface area (Å²) in [4.78, 5) is 32.9. The number of esters is 1. The predicted molar refractivity (Wildman–Crippen MR) is 104 cm³/mol. The van der Waals surface area contributed by atoms with Crippen molar-refractivity contribution >= 4 is 17.7 Å². The molecule has 8 nitrogen and oxygen atoms in total. The molecule has 3 aromatic rings. The highest BCUT2D eigenvalue weighted by Gasteiger charge is 2.35. The molecule has 0 aliphatic heterocycles. The van der Waals surface area contributed by atoms with E-state index < -0.39 is 35.8 Å². The normalized spacial score (nSPS) is 11.3. The van der Waals surface area contributed by atoms with Gasteiger partial charge in [-0.25, -0.2) is 14.8 Å². The number of aryl methyl sites for hydroxylation is 3. The number of halogens is 3. The summed E-state index contributed by atoms with van der Waals surface area (Å²) in [5.41, 5.74) is 0.151. The lowest BCUT2D eigenvalue weighted by Crippen LogP contribution is -2.24. The summed E-state index contributed by atoms with van der Waals surface area (Å²) in [6.45, 7) is 4.47. The minimum absolute atomic E-state index is 0.222. The number of nitrogens with one attached hydrogen (secondary N) is 1. The van der Waals surface area contributed by atoms with Gasteiger partial charge in [0.05, 0.1) is 16.8 Å². The van der Waals surface area contributed by atoms with Gasteiger partial charge >= 0.3 is 12.1 Å². The molecule has 2 aromatic heterocycles. The van der Waals surface area contributed by atoms with E-state index >= 15 is 0 Å². The third kappa shape index (κ3) is 5.24. The second kappa shape index (κ2) is 8.54. The maximum atomic E-state index is 13.1. The van der Waals surface area contributed by atoms with Crippen molar-refractivity contribution in [1.82, 2.24) is 19.7 Å². The zero-order chi connectivity index (χ0) is 22.8. The van der Waals surface area contributed by atoms with Crippen molar-refractivity contribution in [2.24, 2.45) is 0 Å². The van der Waals surface area contributed by atoms with Gasteiger partial charge in [-0.15, -0.1) is 0 Å². The number of anilines is 1. The van der Waals surface area contributed by atoms with Crippen molar-refractivity contribution in [3.05, 3.63) is 64.6 Å². The summed E-state index contributed by atoms with van der Waals surface area (Å²) in [5, 5.41) is 6.74. The van der Waals surface area contributed by atoms with E-state index in [9.17, 15) is 22.8 Å². The number of carbonyl (C=O) groups is 2. The Labute approximate surface area is 175 Å². The van der Waals surface area contributed by atoms with Gasteiger partial charge in [-0.1, -0.05) is 12.1 Å². The van der Waals surface area contributed by atoms with Crippen molar-refractivity contribution in [2.45, 2.75) is 26.9 Å². The molecule has 0 radical (unpaired) electrons. The van der Waals surface area contributed by atoms with E-state index in [0.717, 1.165) is 18.2 Å². The van der Waals surface area contributed by atoms with Gasteiger partial charge in [0.1, 0.15) is 5.82 Å². The SMILES string of the molecule is Cc1cc(C)nc(-n2nc(C)cc2NC(=O)COC(=O)c2ccccc2C(F)(F)F)n1. The molecule has 0 atom stereocenters. The fourth-order valence-corrected chi connectivity index (χ4v) is 2.84. The van der Waals surface area contributed by atoms with Crippen LogP contribution in [0.1, 0.15) is 33.0 Å². The molecule has 162 valence electrons. The Balaban J connectivity index is 1.72. The van der Waals surface area contributed by atoms with Crippen LogP contribution >= 0.6 is 0 Å². The second-order valence-electron chi connectivity index (χ2n) is 6.70. The van der Waals surface area contributed by atoms with E-state index in [2.05, 4.69) is 20.4 Å². The van der Waals surface area contributed by atoms with Crippen molar-refractivity contribution in [3.8, 4) is 5.95 Å². The third-order valence-electron chi connectivity index (χ3n) is 4.05. The molecule has 3 rings (SSSR count). The van der Waals surface area contributed by atoms with Gasteiger partial charge in [-0.05, 0) is 39.0 Å². The van der Waals surface area contributed by atoms with Gasteiger partial charge in [0.15, 0.2) is 6.61 Å². The van der Waals surface area contributed by atoms with Crippen molar-refractivity contribution in [2.75, 3.05) is 11.9 Å². The molecule has 0 aliphatic carbocycles. The Morgan fingerprint density at radius 1 is 1.03 bits per heavy atom. The van der Waals surface area contributed by atoms with E-state index in [0.29, 0.717) is 17.1 Å². The number of hydrogen-bond acceptors (Lipinski definition) is 6. The van der Waals surface area contributed by atoms with Gasteiger partial charge in [-0.2, -0.15) is 23.0 Å². The molecule has 0 unspecified atom stereocenters. The lowest BCUT2D eigenvalue weighted by atomic mass is 10.1. The number of aromatic nitrogens is 4. The number of hydrogen-bond donors (Lipinski definition) is 1. The monoisotopic (exact) mass is 433 g/mol. The number of carbonyl (C=O) groups excluding carboxylic acids is 2. The van der Waals surface area contributed by atoms with Gasteiger partial charge in [0.25, 0.3) is 11.9 Å². The molecule has 31 heavy (non-hydrogen) atoms. The first-order chi connectivity index (χ1) is 14.5. The summed E-state index contributed by atoms with van der Waals surface area (Å²) >= 11 is 0. The highest BCUT2D eigenvalue weighted by atomic mass is 19.4. The van der Waals surface area contributed by atoms with Crippen LogP contribution in [0.3, 0.4) is 0 Å². The maximum absolute atomic E-state index is 13.1. The van der Waals surface area contributed by atoms with Gasteiger partial charge in [0.2, 0.25) is 0 Å². The van der Waals surface area contributed by atoms with Crippen LogP contribution in [0.5, 0.6) is 0 Å². The number of alkyl halides is 3. The highest BCUT2D eigenvalue weighted by molar-refractivity contribution is 5.96. The number of amides is 1. The first-order valence-electron chi connectivity index (χ1n) is 9.07. The summed E-state index contributed by atoms with van der Waals surface area (Å²) < 4.78 is 45.2. The average Bonchev–Trinajstić information content (AvgIpc) is 3.04. The van der Waals surface area contributed by atoms with Crippen LogP contribution in [0.2, 0.25) is 0 Å². The van der Waals surface area contributed by atoms with E-state index in [-0.39, 0.29) is 11.8 Å². The molecule has 0 aliphatic rings. The van der Waals surface area contributed by atoms with Crippen molar-refractivity contribution in [3.63, 3.8) is 0 Å². The summed E-state index contributed by atoms with van der Waals surface area (Å²) in [5.74, 6) is -1.56. The minimum atomic E-state index is -4.73. The molecule has 1 aromatic carbocycles. The summed E-state index contributed by atoms with van der Waals surface area (Å²) in [6.07, 6.45) is -4.73. The lowest BCUT2D eigenvalue weighted by Gasteiger charge is -2.12. The predicted octanol–water partition coefficient (Wildman–Crippen LogP) is 3.40. The summed E-state index contributed by atoms with van der Waals surface area (Å²) in [7, 11) is 0. The number of ether oxygens (including phenoxy) is 1. The highest BCUT2D eigenvalue weighted by Crippen LogP contribution is 2.32. The first kappa shape index (κ1) is 21.9. The molecule has 11 heteroatoms. The van der Waals surface area contributed by atoms with Crippen molar-refractivity contribution in [1.29, 1.82) is 0 Å². The fourth-order valence-electron chi connectivity index (χ4n) is 2.84. The van der Waals surface area contributed by atoms with E-state index in [1.807, 2.05) is 0 Å².